The fourth-order valence-corrected chi connectivity index (χ4v) is 2.25. The van der Waals surface area contributed by atoms with Crippen LogP contribution in [-0.4, -0.2) is 27.9 Å². The maximum absolute atomic E-state index is 12.0. The van der Waals surface area contributed by atoms with E-state index in [1.807, 2.05) is 6.20 Å². The molecule has 0 spiro atoms. The average molecular weight is 302 g/mol. The number of esters is 1. The SMILES string of the molecule is CCOC(=O)C(N)(Cn1cc(Br)cn1)C1CC1. The Hall–Kier alpha value is -0.880. The molecule has 1 fully saturated rings. The number of nitrogens with zero attached hydrogens (tertiary/aromatic N) is 2. The lowest BCUT2D eigenvalue weighted by Gasteiger charge is -2.26. The third-order valence-electron chi connectivity index (χ3n) is 2.99. The summed E-state index contributed by atoms with van der Waals surface area (Å²) >= 11 is 3.32. The molecule has 1 unspecified atom stereocenters. The molecule has 0 amide bonds. The van der Waals surface area contributed by atoms with Gasteiger partial charge in [0.25, 0.3) is 0 Å². The predicted molar refractivity (Wildman–Crippen MR) is 66.2 cm³/mol. The summed E-state index contributed by atoms with van der Waals surface area (Å²) in [6, 6.07) is 0. The molecule has 0 aromatic carbocycles. The second-order valence-corrected chi connectivity index (χ2v) is 5.31. The number of rotatable bonds is 5. The molecule has 1 aromatic heterocycles. The van der Waals surface area contributed by atoms with E-state index >= 15 is 0 Å². The van der Waals surface area contributed by atoms with Crippen molar-refractivity contribution in [3.63, 3.8) is 0 Å². The summed E-state index contributed by atoms with van der Waals surface area (Å²) in [5.74, 6) is -0.112. The largest absolute Gasteiger partial charge is 0.465 e. The van der Waals surface area contributed by atoms with E-state index in [0.717, 1.165) is 17.3 Å². The normalized spacial score (nSPS) is 18.8. The van der Waals surface area contributed by atoms with Gasteiger partial charge < -0.3 is 10.5 Å². The smallest absolute Gasteiger partial charge is 0.328 e. The van der Waals surface area contributed by atoms with Gasteiger partial charge in [0, 0.05) is 6.20 Å². The van der Waals surface area contributed by atoms with Crippen molar-refractivity contribution in [1.29, 1.82) is 0 Å². The lowest BCUT2D eigenvalue weighted by atomic mass is 9.94. The zero-order chi connectivity index (χ0) is 12.5. The van der Waals surface area contributed by atoms with E-state index < -0.39 is 5.54 Å². The van der Waals surface area contributed by atoms with E-state index in [0.29, 0.717) is 13.2 Å². The number of hydrogen-bond donors (Lipinski definition) is 1. The fourth-order valence-electron chi connectivity index (χ4n) is 1.92. The fraction of sp³-hybridized carbons (Fsp3) is 0.636. The highest BCUT2D eigenvalue weighted by Gasteiger charge is 2.49. The van der Waals surface area contributed by atoms with Crippen LogP contribution in [0.5, 0.6) is 0 Å². The Kier molecular flexibility index (Phi) is 3.53. The first kappa shape index (κ1) is 12.6. The molecular weight excluding hydrogens is 286 g/mol. The van der Waals surface area contributed by atoms with Gasteiger partial charge in [-0.3, -0.25) is 4.68 Å². The molecular formula is C11H16BrN3O2. The van der Waals surface area contributed by atoms with Crippen molar-refractivity contribution in [2.24, 2.45) is 11.7 Å². The van der Waals surface area contributed by atoms with E-state index in [1.165, 1.54) is 0 Å². The summed E-state index contributed by atoms with van der Waals surface area (Å²) in [6.45, 7) is 2.51. The first-order chi connectivity index (χ1) is 8.06. The third kappa shape index (κ3) is 2.69. The van der Waals surface area contributed by atoms with Crippen molar-refractivity contribution in [3.05, 3.63) is 16.9 Å². The summed E-state index contributed by atoms with van der Waals surface area (Å²) in [5, 5.41) is 4.14. The van der Waals surface area contributed by atoms with Gasteiger partial charge in [-0.1, -0.05) is 0 Å². The number of nitrogens with two attached hydrogens (primary N) is 1. The molecule has 1 atom stereocenters. The first-order valence-electron chi connectivity index (χ1n) is 5.70. The standard InChI is InChI=1S/C11H16BrN3O2/c1-2-17-10(16)11(13,8-3-4-8)7-15-6-9(12)5-14-15/h5-6,8H,2-4,7,13H2,1H3. The quantitative estimate of drug-likeness (QED) is 0.833. The molecule has 1 aliphatic carbocycles. The van der Waals surface area contributed by atoms with Crippen molar-refractivity contribution in [2.45, 2.75) is 31.8 Å². The van der Waals surface area contributed by atoms with Gasteiger partial charge in [0.1, 0.15) is 5.54 Å². The molecule has 1 saturated carbocycles. The number of hydrogen-bond acceptors (Lipinski definition) is 4. The number of carbonyl (C=O) groups is 1. The van der Waals surface area contributed by atoms with Gasteiger partial charge in [-0.05, 0) is 41.6 Å². The van der Waals surface area contributed by atoms with Crippen LogP contribution < -0.4 is 5.73 Å². The van der Waals surface area contributed by atoms with E-state index in [4.69, 9.17) is 10.5 Å². The Labute approximate surface area is 108 Å². The lowest BCUT2D eigenvalue weighted by Crippen LogP contribution is -2.54. The van der Waals surface area contributed by atoms with Crippen LogP contribution in [-0.2, 0) is 16.1 Å². The zero-order valence-electron chi connectivity index (χ0n) is 9.73. The topological polar surface area (TPSA) is 70.1 Å². The molecule has 6 heteroatoms. The molecule has 1 heterocycles. The summed E-state index contributed by atoms with van der Waals surface area (Å²) in [4.78, 5) is 12.0. The molecule has 1 aliphatic rings. The van der Waals surface area contributed by atoms with E-state index in [1.54, 1.807) is 17.8 Å². The maximum Gasteiger partial charge on any atom is 0.328 e. The molecule has 2 rings (SSSR count). The molecule has 1 aromatic rings. The lowest BCUT2D eigenvalue weighted by molar-refractivity contribution is -0.151. The van der Waals surface area contributed by atoms with Crippen LogP contribution in [0.4, 0.5) is 0 Å². The van der Waals surface area contributed by atoms with Gasteiger partial charge in [-0.15, -0.1) is 0 Å². The molecule has 5 nitrogen and oxygen atoms in total. The Morgan fingerprint density at radius 1 is 1.76 bits per heavy atom. The molecule has 94 valence electrons. The minimum Gasteiger partial charge on any atom is -0.465 e. The molecule has 0 bridgehead atoms. The molecule has 0 saturated heterocycles. The van der Waals surface area contributed by atoms with Gasteiger partial charge in [0.2, 0.25) is 0 Å². The number of aromatic nitrogens is 2. The zero-order valence-corrected chi connectivity index (χ0v) is 11.3. The second-order valence-electron chi connectivity index (χ2n) is 4.39. The third-order valence-corrected chi connectivity index (χ3v) is 3.40. The minimum absolute atomic E-state index is 0.213. The molecule has 0 aliphatic heterocycles. The maximum atomic E-state index is 12.0. The van der Waals surface area contributed by atoms with Crippen LogP contribution in [0.2, 0.25) is 0 Å². The molecule has 2 N–H and O–H groups in total. The van der Waals surface area contributed by atoms with Gasteiger partial charge >= 0.3 is 5.97 Å². The highest BCUT2D eigenvalue weighted by atomic mass is 79.9. The van der Waals surface area contributed by atoms with Crippen LogP contribution in [0.3, 0.4) is 0 Å². The van der Waals surface area contributed by atoms with Crippen LogP contribution >= 0.6 is 15.9 Å². The minimum atomic E-state index is -0.943. The van der Waals surface area contributed by atoms with Crippen molar-refractivity contribution in [2.75, 3.05) is 6.61 Å². The molecule has 0 radical (unpaired) electrons. The number of halogens is 1. The van der Waals surface area contributed by atoms with Crippen molar-refractivity contribution < 1.29 is 9.53 Å². The number of ether oxygens (including phenoxy) is 1. The van der Waals surface area contributed by atoms with Crippen LogP contribution in [0.1, 0.15) is 19.8 Å². The predicted octanol–water partition coefficient (Wildman–Crippen LogP) is 1.32. The van der Waals surface area contributed by atoms with E-state index in [-0.39, 0.29) is 11.9 Å². The Balaban J connectivity index is 2.13. The summed E-state index contributed by atoms with van der Waals surface area (Å²) in [5.41, 5.74) is 5.28. The van der Waals surface area contributed by atoms with Gasteiger partial charge in [0.05, 0.1) is 23.8 Å². The summed E-state index contributed by atoms with van der Waals surface area (Å²) in [7, 11) is 0. The van der Waals surface area contributed by atoms with Crippen LogP contribution in [0.25, 0.3) is 0 Å². The summed E-state index contributed by atoms with van der Waals surface area (Å²) < 4.78 is 7.63. The van der Waals surface area contributed by atoms with Gasteiger partial charge in [-0.25, -0.2) is 4.79 Å². The van der Waals surface area contributed by atoms with Crippen LogP contribution in [0.15, 0.2) is 16.9 Å². The molecule has 17 heavy (non-hydrogen) atoms. The first-order valence-corrected chi connectivity index (χ1v) is 6.49. The Morgan fingerprint density at radius 3 is 2.94 bits per heavy atom. The number of carbonyl (C=O) groups excluding carboxylic acids is 1. The van der Waals surface area contributed by atoms with E-state index in [9.17, 15) is 4.79 Å². The monoisotopic (exact) mass is 301 g/mol. The van der Waals surface area contributed by atoms with Crippen LogP contribution in [0, 0.1) is 5.92 Å². The van der Waals surface area contributed by atoms with Crippen molar-refractivity contribution in [1.82, 2.24) is 9.78 Å². The van der Waals surface area contributed by atoms with Crippen molar-refractivity contribution >= 4 is 21.9 Å². The Bertz CT molecular complexity index is 417. The highest BCUT2D eigenvalue weighted by Crippen LogP contribution is 2.40. The highest BCUT2D eigenvalue weighted by molar-refractivity contribution is 9.10. The van der Waals surface area contributed by atoms with Gasteiger partial charge in [-0.2, -0.15) is 5.10 Å². The van der Waals surface area contributed by atoms with Crippen molar-refractivity contribution in [3.8, 4) is 0 Å². The summed E-state index contributed by atoms with van der Waals surface area (Å²) in [6.07, 6.45) is 5.46. The average Bonchev–Trinajstić information content (AvgIpc) is 3.05. The Morgan fingerprint density at radius 2 is 2.47 bits per heavy atom. The van der Waals surface area contributed by atoms with E-state index in [2.05, 4.69) is 21.0 Å². The second kappa shape index (κ2) is 4.78. The van der Waals surface area contributed by atoms with Gasteiger partial charge in [0.15, 0.2) is 0 Å².